The second-order valence-corrected chi connectivity index (χ2v) is 12.3. The number of para-hydroxylation sites is 3. The van der Waals surface area contributed by atoms with E-state index >= 15 is 0 Å². The number of furan rings is 1. The van der Waals surface area contributed by atoms with Crippen molar-refractivity contribution in [3.8, 4) is 17.1 Å². The summed E-state index contributed by atoms with van der Waals surface area (Å²) in [4.78, 5) is 4.96. The van der Waals surface area contributed by atoms with Gasteiger partial charge in [0.15, 0.2) is 16.6 Å². The summed E-state index contributed by atoms with van der Waals surface area (Å²) < 4.78 is 11.5. The average Bonchev–Trinajstić information content (AvgIpc) is 3.42. The van der Waals surface area contributed by atoms with Crippen molar-refractivity contribution in [3.05, 3.63) is 89.1 Å². The number of imidazole rings is 1. The molecule has 0 aliphatic carbocycles. The largest absolute Gasteiger partial charge is 0.437 e. The van der Waals surface area contributed by atoms with Crippen molar-refractivity contribution in [3.63, 3.8) is 0 Å². The van der Waals surface area contributed by atoms with E-state index in [1.807, 2.05) is 0 Å². The maximum absolute atomic E-state index is 6.70. The lowest BCUT2D eigenvalue weighted by atomic mass is 9.92. The molecule has 0 radical (unpaired) electrons. The fourth-order valence-electron chi connectivity index (χ4n) is 6.26. The number of aryl methyl sites for hydroxylation is 2. The van der Waals surface area contributed by atoms with Gasteiger partial charge >= 0.3 is 0 Å². The highest BCUT2D eigenvalue weighted by Gasteiger charge is 2.33. The van der Waals surface area contributed by atoms with E-state index in [0.717, 1.165) is 45.6 Å². The molecule has 0 bridgehead atoms. The van der Waals surface area contributed by atoms with Gasteiger partial charge in [0.2, 0.25) is 5.71 Å². The molecule has 3 heterocycles. The number of pyridine rings is 1. The molecule has 0 amide bonds. The van der Waals surface area contributed by atoms with Gasteiger partial charge in [-0.1, -0.05) is 84.0 Å². The average molecular weight is 531 g/mol. The molecule has 0 spiro atoms. The van der Waals surface area contributed by atoms with Crippen LogP contribution in [0.4, 0.5) is 0 Å². The Bertz CT molecular complexity index is 1860. The lowest BCUT2D eigenvalue weighted by molar-refractivity contribution is -0.633. The third-order valence-corrected chi connectivity index (χ3v) is 8.19. The number of nitrogens with zero attached hydrogens (tertiary/aromatic N) is 3. The third kappa shape index (κ3) is 4.13. The number of hydrogen-bond acceptors (Lipinski definition) is 2. The summed E-state index contributed by atoms with van der Waals surface area (Å²) in [6.45, 7) is 15.8. The number of benzene rings is 3. The number of aromatic nitrogens is 3. The van der Waals surface area contributed by atoms with Crippen LogP contribution in [0.5, 0.6) is 0 Å². The zero-order chi connectivity index (χ0) is 28.3. The van der Waals surface area contributed by atoms with Gasteiger partial charge in [0.05, 0.1) is 7.05 Å². The van der Waals surface area contributed by atoms with Crippen LogP contribution in [0, 0.1) is 12.8 Å². The van der Waals surface area contributed by atoms with Gasteiger partial charge < -0.3 is 4.42 Å². The van der Waals surface area contributed by atoms with Crippen molar-refractivity contribution in [2.45, 2.75) is 66.7 Å². The van der Waals surface area contributed by atoms with E-state index in [9.17, 15) is 0 Å². The molecule has 0 N–H and O–H groups in total. The maximum atomic E-state index is 6.70. The Hall–Kier alpha value is -3.92. The molecule has 3 aromatic carbocycles. The van der Waals surface area contributed by atoms with Crippen molar-refractivity contribution >= 4 is 33.1 Å². The summed E-state index contributed by atoms with van der Waals surface area (Å²) in [6.07, 6.45) is 0.937. The Morgan fingerprint density at radius 1 is 0.800 bits per heavy atom. The standard InChI is InChI=1S/C36H40N3O/c1-21(2)20-25-17-19-29-28-18-16-24(7)32(34(28)40-35(29)37-25)36-38(8)30-14-9-10-15-31(30)39(36)33-26(22(3)4)12-11-13-27(33)23(5)6/h9-19,21-23H,20H2,1-8H3/q+1. The van der Waals surface area contributed by atoms with Gasteiger partial charge in [0.25, 0.3) is 5.82 Å². The van der Waals surface area contributed by atoms with Gasteiger partial charge in [-0.3, -0.25) is 0 Å². The Morgan fingerprint density at radius 3 is 2.15 bits per heavy atom. The van der Waals surface area contributed by atoms with E-state index in [4.69, 9.17) is 9.40 Å². The summed E-state index contributed by atoms with van der Waals surface area (Å²) >= 11 is 0. The maximum Gasteiger partial charge on any atom is 0.299 e. The molecule has 0 aliphatic rings. The molecule has 0 saturated carbocycles. The molecule has 0 fully saturated rings. The van der Waals surface area contributed by atoms with Crippen LogP contribution in [-0.2, 0) is 13.5 Å². The molecule has 0 aliphatic heterocycles. The molecule has 0 unspecified atom stereocenters. The van der Waals surface area contributed by atoms with E-state index in [1.54, 1.807) is 0 Å². The molecule has 3 aromatic heterocycles. The van der Waals surface area contributed by atoms with Gasteiger partial charge in [0, 0.05) is 27.6 Å². The molecular weight excluding hydrogens is 490 g/mol. The number of hydrogen-bond donors (Lipinski definition) is 0. The zero-order valence-electron chi connectivity index (χ0n) is 25.0. The third-order valence-electron chi connectivity index (χ3n) is 8.19. The van der Waals surface area contributed by atoms with Crippen LogP contribution in [0.2, 0.25) is 0 Å². The lowest BCUT2D eigenvalue weighted by Crippen LogP contribution is -2.30. The fraction of sp³-hybridized carbons (Fsp3) is 0.333. The van der Waals surface area contributed by atoms with E-state index in [1.165, 1.54) is 33.4 Å². The van der Waals surface area contributed by atoms with E-state index in [0.29, 0.717) is 17.8 Å². The van der Waals surface area contributed by atoms with Crippen molar-refractivity contribution in [2.75, 3.05) is 0 Å². The molecule has 4 nitrogen and oxygen atoms in total. The van der Waals surface area contributed by atoms with Gasteiger partial charge in [-0.05, 0) is 60.9 Å². The van der Waals surface area contributed by atoms with Crippen LogP contribution in [0.1, 0.15) is 75.8 Å². The summed E-state index contributed by atoms with van der Waals surface area (Å²) in [5.41, 5.74) is 11.4. The second-order valence-electron chi connectivity index (χ2n) is 12.3. The Kier molecular flexibility index (Phi) is 6.53. The monoisotopic (exact) mass is 530 g/mol. The van der Waals surface area contributed by atoms with Gasteiger partial charge in [-0.25, -0.2) is 9.55 Å². The minimum Gasteiger partial charge on any atom is -0.437 e. The number of fused-ring (bicyclic) bond motifs is 4. The quantitative estimate of drug-likeness (QED) is 0.201. The summed E-state index contributed by atoms with van der Waals surface area (Å²) in [7, 11) is 2.18. The van der Waals surface area contributed by atoms with Gasteiger partial charge in [-0.15, -0.1) is 0 Å². The Labute approximate surface area is 237 Å². The van der Waals surface area contributed by atoms with E-state index in [-0.39, 0.29) is 0 Å². The minimum atomic E-state index is 0.375. The molecule has 204 valence electrons. The normalized spacial score (nSPS) is 12.3. The van der Waals surface area contributed by atoms with Crippen molar-refractivity contribution in [2.24, 2.45) is 13.0 Å². The molecule has 0 saturated heterocycles. The second kappa shape index (κ2) is 9.92. The predicted octanol–water partition coefficient (Wildman–Crippen LogP) is 9.17. The molecular formula is C36H40N3O+. The Balaban J connectivity index is 1.76. The minimum absolute atomic E-state index is 0.375. The number of rotatable bonds is 6. The van der Waals surface area contributed by atoms with Gasteiger partial charge in [0.1, 0.15) is 11.3 Å². The van der Waals surface area contributed by atoms with E-state index in [2.05, 4.69) is 131 Å². The van der Waals surface area contributed by atoms with Crippen LogP contribution >= 0.6 is 0 Å². The molecule has 6 aromatic rings. The van der Waals surface area contributed by atoms with Crippen LogP contribution in [-0.4, -0.2) is 9.55 Å². The first-order valence-electron chi connectivity index (χ1n) is 14.6. The molecule has 4 heteroatoms. The highest BCUT2D eigenvalue weighted by Crippen LogP contribution is 2.41. The highest BCUT2D eigenvalue weighted by atomic mass is 16.3. The zero-order valence-corrected chi connectivity index (χ0v) is 25.0. The topological polar surface area (TPSA) is 34.8 Å². The molecule has 40 heavy (non-hydrogen) atoms. The van der Waals surface area contributed by atoms with Gasteiger partial charge in [-0.2, -0.15) is 4.57 Å². The summed E-state index contributed by atoms with van der Waals surface area (Å²) in [6, 6.07) is 24.3. The highest BCUT2D eigenvalue weighted by molar-refractivity contribution is 6.09. The molecule has 0 atom stereocenters. The predicted molar refractivity (Wildman–Crippen MR) is 166 cm³/mol. The first kappa shape index (κ1) is 26.3. The summed E-state index contributed by atoms with van der Waals surface area (Å²) in [5, 5.41) is 2.18. The Morgan fingerprint density at radius 2 is 1.48 bits per heavy atom. The van der Waals surface area contributed by atoms with Crippen LogP contribution < -0.4 is 4.57 Å². The van der Waals surface area contributed by atoms with E-state index < -0.39 is 0 Å². The van der Waals surface area contributed by atoms with Crippen LogP contribution in [0.15, 0.2) is 71.1 Å². The van der Waals surface area contributed by atoms with Crippen molar-refractivity contribution < 1.29 is 8.98 Å². The van der Waals surface area contributed by atoms with Crippen molar-refractivity contribution in [1.82, 2.24) is 9.55 Å². The molecule has 6 rings (SSSR count). The van der Waals surface area contributed by atoms with Crippen molar-refractivity contribution in [1.29, 1.82) is 0 Å². The van der Waals surface area contributed by atoms with Crippen LogP contribution in [0.3, 0.4) is 0 Å². The first-order chi connectivity index (χ1) is 19.2. The first-order valence-corrected chi connectivity index (χ1v) is 14.6. The SMILES string of the molecule is Cc1ccc2c(oc3nc(CC(C)C)ccc32)c1-c1n(-c2c(C(C)C)cccc2C(C)C)c2ccccc2[n+]1C. The lowest BCUT2D eigenvalue weighted by Gasteiger charge is -2.18. The summed E-state index contributed by atoms with van der Waals surface area (Å²) in [5.74, 6) is 2.42. The smallest absolute Gasteiger partial charge is 0.299 e. The van der Waals surface area contributed by atoms with Crippen LogP contribution in [0.25, 0.3) is 50.2 Å². The fourth-order valence-corrected chi connectivity index (χ4v) is 6.26.